The van der Waals surface area contributed by atoms with Crippen molar-refractivity contribution in [2.45, 2.75) is 5.41 Å². The van der Waals surface area contributed by atoms with Gasteiger partial charge < -0.3 is 4.74 Å². The van der Waals surface area contributed by atoms with Gasteiger partial charge in [-0.1, -0.05) is 158 Å². The summed E-state index contributed by atoms with van der Waals surface area (Å²) >= 11 is 0. The molecule has 0 amide bonds. The number of hydrogen-bond donors (Lipinski definition) is 0. The predicted octanol–water partition coefficient (Wildman–Crippen LogP) is 14.4. The van der Waals surface area contributed by atoms with Crippen molar-refractivity contribution in [3.63, 3.8) is 0 Å². The minimum absolute atomic E-state index is 0.623. The maximum atomic E-state index is 7.43. The molecule has 0 N–H and O–H groups in total. The van der Waals surface area contributed by atoms with Crippen LogP contribution < -0.4 is 4.74 Å². The van der Waals surface area contributed by atoms with Crippen molar-refractivity contribution >= 4 is 21.7 Å². The lowest BCUT2D eigenvalue weighted by molar-refractivity contribution is 0.442. The standard InChI is InChI=1S/C59H36N4O/c1-2-14-39(15-3-1)57-45-29-31-49-58(56(45)44-18-6-9-21-50(44)63-57)64-55-36-40(28-30-48(55)59(49)46-19-7-4-16-42(46)43-17-5-8-20-47(43)59)37-24-26-38(27-25-37)41-34-53(51-22-10-12-32-60-51)62-54(35-41)52-23-11-13-33-61-52/h1-36H. The second-order valence-electron chi connectivity index (χ2n) is 16.5. The lowest BCUT2D eigenvalue weighted by atomic mass is 9.65. The molecule has 5 nitrogen and oxygen atoms in total. The summed E-state index contributed by atoms with van der Waals surface area (Å²) in [5.41, 5.74) is 17.1. The summed E-state index contributed by atoms with van der Waals surface area (Å²) in [6.45, 7) is 0. The number of hydrogen-bond acceptors (Lipinski definition) is 5. The molecule has 1 spiro atoms. The second kappa shape index (κ2) is 14.3. The normalized spacial score (nSPS) is 12.9. The van der Waals surface area contributed by atoms with Crippen molar-refractivity contribution in [3.05, 3.63) is 241 Å². The molecule has 5 heteroatoms. The minimum Gasteiger partial charge on any atom is -0.456 e. The fourth-order valence-electron chi connectivity index (χ4n) is 10.2. The Kier molecular flexibility index (Phi) is 8.06. The first-order valence-electron chi connectivity index (χ1n) is 21.6. The third kappa shape index (κ3) is 5.44. The van der Waals surface area contributed by atoms with Crippen LogP contribution in [0.1, 0.15) is 22.3 Å². The van der Waals surface area contributed by atoms with E-state index in [-0.39, 0.29) is 0 Å². The number of nitrogens with zero attached hydrogens (tertiary/aromatic N) is 4. The Labute approximate surface area is 370 Å². The highest BCUT2D eigenvalue weighted by molar-refractivity contribution is 6.15. The summed E-state index contributed by atoms with van der Waals surface area (Å²) in [6.07, 6.45) is 3.60. The van der Waals surface area contributed by atoms with Crippen LogP contribution in [0.4, 0.5) is 0 Å². The maximum absolute atomic E-state index is 7.43. The van der Waals surface area contributed by atoms with Crippen LogP contribution in [0.5, 0.6) is 11.5 Å². The quantitative estimate of drug-likeness (QED) is 0.162. The molecule has 1 aliphatic carbocycles. The van der Waals surface area contributed by atoms with E-state index in [4.69, 9.17) is 14.7 Å². The van der Waals surface area contributed by atoms with Gasteiger partial charge in [0, 0.05) is 45.2 Å². The van der Waals surface area contributed by atoms with Crippen LogP contribution in [-0.2, 0) is 5.41 Å². The van der Waals surface area contributed by atoms with Gasteiger partial charge in [-0.25, -0.2) is 9.97 Å². The zero-order valence-corrected chi connectivity index (χ0v) is 34.5. The van der Waals surface area contributed by atoms with Crippen LogP contribution in [0.15, 0.2) is 219 Å². The van der Waals surface area contributed by atoms with E-state index in [9.17, 15) is 0 Å². The van der Waals surface area contributed by atoms with E-state index in [1.54, 1.807) is 12.4 Å². The Balaban J connectivity index is 1.00. The molecule has 0 bridgehead atoms. The van der Waals surface area contributed by atoms with Gasteiger partial charge >= 0.3 is 0 Å². The summed E-state index contributed by atoms with van der Waals surface area (Å²) in [6, 6.07) is 72.9. The molecule has 11 aromatic rings. The molecule has 0 fully saturated rings. The first-order chi connectivity index (χ1) is 31.7. The van der Waals surface area contributed by atoms with Gasteiger partial charge in [-0.2, -0.15) is 0 Å². The number of rotatable bonds is 5. The van der Waals surface area contributed by atoms with E-state index >= 15 is 0 Å². The average molecular weight is 817 g/mol. The molecule has 1 aliphatic heterocycles. The molecule has 0 radical (unpaired) electrons. The molecule has 2 aliphatic rings. The van der Waals surface area contributed by atoms with E-state index < -0.39 is 5.41 Å². The van der Waals surface area contributed by atoms with Crippen LogP contribution in [-0.4, -0.2) is 19.9 Å². The van der Waals surface area contributed by atoms with E-state index in [1.807, 2.05) is 36.4 Å². The second-order valence-corrected chi connectivity index (χ2v) is 16.5. The molecule has 4 aromatic heterocycles. The van der Waals surface area contributed by atoms with Crippen molar-refractivity contribution in [3.8, 4) is 78.9 Å². The lowest BCUT2D eigenvalue weighted by Gasteiger charge is -2.40. The molecular formula is C59H36N4O. The fourth-order valence-corrected chi connectivity index (χ4v) is 10.2. The van der Waals surface area contributed by atoms with Crippen LogP contribution in [0.2, 0.25) is 0 Å². The van der Waals surface area contributed by atoms with Gasteiger partial charge in [0.25, 0.3) is 0 Å². The number of pyridine rings is 4. The molecule has 13 rings (SSSR count). The fraction of sp³-hybridized carbons (Fsp3) is 0.0169. The van der Waals surface area contributed by atoms with E-state index in [1.165, 1.54) is 22.3 Å². The Morgan fingerprint density at radius 1 is 0.359 bits per heavy atom. The topological polar surface area (TPSA) is 60.8 Å². The number of fused-ring (bicyclic) bond motifs is 13. The molecular weight excluding hydrogens is 781 g/mol. The molecule has 7 aromatic carbocycles. The van der Waals surface area contributed by atoms with Gasteiger partial charge in [0.15, 0.2) is 0 Å². The summed E-state index contributed by atoms with van der Waals surface area (Å²) in [5.74, 6) is 1.70. The highest BCUT2D eigenvalue weighted by atomic mass is 16.5. The van der Waals surface area contributed by atoms with E-state index in [0.717, 1.165) is 101 Å². The van der Waals surface area contributed by atoms with Gasteiger partial charge in [0.05, 0.1) is 39.4 Å². The van der Waals surface area contributed by atoms with Gasteiger partial charge in [0.1, 0.15) is 11.5 Å². The predicted molar refractivity (Wildman–Crippen MR) is 257 cm³/mol. The largest absolute Gasteiger partial charge is 0.456 e. The zero-order valence-electron chi connectivity index (χ0n) is 34.5. The SMILES string of the molecule is c1ccc(-c2nc3ccccc3c3c4c(ccc23)C2(c3ccc(-c5ccc(-c6cc(-c7ccccn7)nc(-c7ccccn7)c6)cc5)cc3O4)c3ccccc3-c3ccccc32)cc1. The molecule has 298 valence electrons. The Morgan fingerprint density at radius 2 is 0.938 bits per heavy atom. The Morgan fingerprint density at radius 3 is 1.61 bits per heavy atom. The number of para-hydroxylation sites is 1. The molecule has 5 heterocycles. The van der Waals surface area contributed by atoms with Crippen LogP contribution in [0, 0.1) is 0 Å². The van der Waals surface area contributed by atoms with Crippen LogP contribution in [0.25, 0.3) is 89.1 Å². The smallest absolute Gasteiger partial charge is 0.140 e. The van der Waals surface area contributed by atoms with Crippen molar-refractivity contribution in [2.24, 2.45) is 0 Å². The van der Waals surface area contributed by atoms with E-state index in [0.29, 0.717) is 0 Å². The van der Waals surface area contributed by atoms with E-state index in [2.05, 4.69) is 180 Å². The van der Waals surface area contributed by atoms with Gasteiger partial charge in [0.2, 0.25) is 0 Å². The highest BCUT2D eigenvalue weighted by Crippen LogP contribution is 2.63. The summed E-state index contributed by atoms with van der Waals surface area (Å²) < 4.78 is 7.43. The average Bonchev–Trinajstić information content (AvgIpc) is 3.67. The number of ether oxygens (including phenoxy) is 1. The zero-order chi connectivity index (χ0) is 42.2. The molecule has 0 atom stereocenters. The molecule has 0 saturated carbocycles. The Hall–Kier alpha value is -8.54. The first-order valence-corrected chi connectivity index (χ1v) is 21.6. The van der Waals surface area contributed by atoms with Crippen molar-refractivity contribution in [2.75, 3.05) is 0 Å². The lowest BCUT2D eigenvalue weighted by Crippen LogP contribution is -2.32. The highest BCUT2D eigenvalue weighted by Gasteiger charge is 2.51. The minimum atomic E-state index is -0.623. The molecule has 0 unspecified atom stereocenters. The number of benzene rings is 7. The maximum Gasteiger partial charge on any atom is 0.140 e. The van der Waals surface area contributed by atoms with Gasteiger partial charge in [-0.3, -0.25) is 9.97 Å². The first kappa shape index (κ1) is 36.1. The van der Waals surface area contributed by atoms with Crippen LogP contribution >= 0.6 is 0 Å². The van der Waals surface area contributed by atoms with Crippen LogP contribution in [0.3, 0.4) is 0 Å². The van der Waals surface area contributed by atoms with Gasteiger partial charge in [-0.15, -0.1) is 0 Å². The summed E-state index contributed by atoms with van der Waals surface area (Å²) in [5, 5.41) is 3.19. The summed E-state index contributed by atoms with van der Waals surface area (Å²) in [7, 11) is 0. The Bertz CT molecular complexity index is 3520. The van der Waals surface area contributed by atoms with Crippen molar-refractivity contribution in [1.82, 2.24) is 19.9 Å². The molecule has 0 saturated heterocycles. The summed E-state index contributed by atoms with van der Waals surface area (Å²) in [4.78, 5) is 19.5. The molecule has 64 heavy (non-hydrogen) atoms. The number of aromatic nitrogens is 4. The third-order valence-corrected chi connectivity index (χ3v) is 13.1. The monoisotopic (exact) mass is 816 g/mol. The third-order valence-electron chi connectivity index (χ3n) is 13.1. The van der Waals surface area contributed by atoms with Gasteiger partial charge in [-0.05, 0) is 93.0 Å². The van der Waals surface area contributed by atoms with Crippen molar-refractivity contribution in [1.29, 1.82) is 0 Å². The van der Waals surface area contributed by atoms with Crippen molar-refractivity contribution < 1.29 is 4.74 Å².